The third-order valence-electron chi connectivity index (χ3n) is 7.54. The summed E-state index contributed by atoms with van der Waals surface area (Å²) in [5.41, 5.74) is -2.80. The van der Waals surface area contributed by atoms with Gasteiger partial charge in [0.25, 0.3) is 0 Å². The van der Waals surface area contributed by atoms with E-state index < -0.39 is 41.1 Å². The van der Waals surface area contributed by atoms with Gasteiger partial charge in [-0.1, -0.05) is 118 Å². The van der Waals surface area contributed by atoms with Crippen molar-refractivity contribution in [3.8, 4) is 0 Å². The molecule has 6 heteroatoms. The summed E-state index contributed by atoms with van der Waals surface area (Å²) in [4.78, 5) is 39.3. The molecule has 0 bridgehead atoms. The number of unbranched alkanes of at least 4 members (excludes halogenated alkanes) is 12. The molecule has 218 valence electrons. The fraction of sp³-hybridized carbons (Fsp3) is 0.903. The predicted molar refractivity (Wildman–Crippen MR) is 151 cm³/mol. The van der Waals surface area contributed by atoms with Crippen molar-refractivity contribution in [3.63, 3.8) is 0 Å². The van der Waals surface area contributed by atoms with Gasteiger partial charge in [0.05, 0.1) is 0 Å². The van der Waals surface area contributed by atoms with E-state index in [0.717, 1.165) is 64.2 Å². The molecule has 0 amide bonds. The largest absolute Gasteiger partial charge is 0.382 e. The second-order valence-corrected chi connectivity index (χ2v) is 10.9. The highest BCUT2D eigenvalue weighted by Crippen LogP contribution is 2.30. The normalized spacial score (nSPS) is 14.9. The fourth-order valence-electron chi connectivity index (χ4n) is 5.13. The van der Waals surface area contributed by atoms with Crippen LogP contribution in [0.3, 0.4) is 0 Å². The average molecular weight is 527 g/mol. The first-order chi connectivity index (χ1) is 17.7. The molecule has 0 heterocycles. The lowest BCUT2D eigenvalue weighted by Crippen LogP contribution is -2.64. The predicted octanol–water partition coefficient (Wildman–Crippen LogP) is 6.64. The molecule has 0 aromatic carbocycles. The number of hydrogen-bond acceptors (Lipinski definition) is 6. The van der Waals surface area contributed by atoms with Crippen molar-refractivity contribution in [1.29, 1.82) is 0 Å². The van der Waals surface area contributed by atoms with Gasteiger partial charge in [-0.2, -0.15) is 0 Å². The van der Waals surface area contributed by atoms with Crippen LogP contribution in [0, 0.1) is 5.92 Å². The van der Waals surface area contributed by atoms with Crippen LogP contribution in [0.5, 0.6) is 0 Å². The topological polar surface area (TPSA) is 112 Å². The zero-order chi connectivity index (χ0) is 28.1. The van der Waals surface area contributed by atoms with E-state index in [4.69, 9.17) is 0 Å². The van der Waals surface area contributed by atoms with E-state index in [-0.39, 0.29) is 12.8 Å². The van der Waals surface area contributed by atoms with Crippen molar-refractivity contribution in [2.24, 2.45) is 5.92 Å². The van der Waals surface area contributed by atoms with Crippen LogP contribution in [0.4, 0.5) is 0 Å². The second kappa shape index (κ2) is 21.8. The first-order valence-corrected chi connectivity index (χ1v) is 15.4. The molecule has 0 spiro atoms. The van der Waals surface area contributed by atoms with Crippen LogP contribution < -0.4 is 0 Å². The lowest BCUT2D eigenvalue weighted by molar-refractivity contribution is -0.184. The maximum atomic E-state index is 13.5. The molecule has 3 N–H and O–H groups in total. The summed E-state index contributed by atoms with van der Waals surface area (Å²) in [6.45, 7) is 8.14. The van der Waals surface area contributed by atoms with Crippen LogP contribution in [0.25, 0.3) is 0 Å². The van der Waals surface area contributed by atoms with Crippen LogP contribution >= 0.6 is 0 Å². The number of carbonyl (C=O) groups excluding carboxylic acids is 3. The van der Waals surface area contributed by atoms with E-state index in [0.29, 0.717) is 38.5 Å². The van der Waals surface area contributed by atoms with Gasteiger partial charge < -0.3 is 15.3 Å². The average Bonchev–Trinajstić information content (AvgIpc) is 2.89. The van der Waals surface area contributed by atoms with Gasteiger partial charge in [0.1, 0.15) is 0 Å². The summed E-state index contributed by atoms with van der Waals surface area (Å²) >= 11 is 0. The van der Waals surface area contributed by atoms with E-state index in [1.165, 1.54) is 12.8 Å². The van der Waals surface area contributed by atoms with Crippen molar-refractivity contribution in [2.75, 3.05) is 0 Å². The summed E-state index contributed by atoms with van der Waals surface area (Å²) in [5, 5.41) is 33.4. The first-order valence-electron chi connectivity index (χ1n) is 15.4. The lowest BCUT2D eigenvalue weighted by atomic mass is 9.74. The lowest BCUT2D eigenvalue weighted by Gasteiger charge is -2.37. The molecular formula is C31H58O6. The number of rotatable bonds is 26. The molecule has 0 rings (SSSR count). The van der Waals surface area contributed by atoms with Gasteiger partial charge in [0.2, 0.25) is 0 Å². The van der Waals surface area contributed by atoms with Crippen molar-refractivity contribution in [1.82, 2.24) is 0 Å². The van der Waals surface area contributed by atoms with Gasteiger partial charge in [-0.25, -0.2) is 0 Å². The highest BCUT2D eigenvalue weighted by Gasteiger charge is 2.55. The molecule has 0 saturated heterocycles. The third kappa shape index (κ3) is 13.5. The summed E-state index contributed by atoms with van der Waals surface area (Å²) in [7, 11) is 0. The smallest absolute Gasteiger partial charge is 0.189 e. The SMILES string of the molecule is CCCCCCCCCC(=O)C(O)C(O)(C(=O)C(CCC)CCC)C(O)C(=O)CCCCCCCCC. The van der Waals surface area contributed by atoms with E-state index in [9.17, 15) is 29.7 Å². The van der Waals surface area contributed by atoms with Crippen molar-refractivity contribution in [2.45, 2.75) is 174 Å². The number of ketones is 3. The summed E-state index contributed by atoms with van der Waals surface area (Å²) < 4.78 is 0. The minimum absolute atomic E-state index is 0.00935. The number of Topliss-reactive ketones (excluding diaryl/α,β-unsaturated/α-hetero) is 3. The number of hydrogen-bond donors (Lipinski definition) is 3. The van der Waals surface area contributed by atoms with Gasteiger partial charge in [-0.3, -0.25) is 14.4 Å². The third-order valence-corrected chi connectivity index (χ3v) is 7.54. The Morgan fingerprint density at radius 1 is 0.541 bits per heavy atom. The summed E-state index contributed by atoms with van der Waals surface area (Å²) in [5.74, 6) is -2.77. The highest BCUT2D eigenvalue weighted by molar-refractivity contribution is 6.02. The van der Waals surface area contributed by atoms with Gasteiger partial charge >= 0.3 is 0 Å². The van der Waals surface area contributed by atoms with Crippen LogP contribution in [-0.2, 0) is 14.4 Å². The Morgan fingerprint density at radius 3 is 1.19 bits per heavy atom. The van der Waals surface area contributed by atoms with Gasteiger partial charge in [-0.05, 0) is 25.7 Å². The minimum Gasteiger partial charge on any atom is -0.382 e. The molecule has 2 atom stereocenters. The molecule has 0 aliphatic rings. The molecule has 6 nitrogen and oxygen atoms in total. The van der Waals surface area contributed by atoms with Crippen LogP contribution in [0.15, 0.2) is 0 Å². The second-order valence-electron chi connectivity index (χ2n) is 10.9. The van der Waals surface area contributed by atoms with Gasteiger partial charge in [-0.15, -0.1) is 0 Å². The Balaban J connectivity index is 5.34. The maximum absolute atomic E-state index is 13.5. The Labute approximate surface area is 227 Å². The Bertz CT molecular complexity index is 575. The molecule has 0 aromatic rings. The van der Waals surface area contributed by atoms with E-state index >= 15 is 0 Å². The molecule has 0 aromatic heterocycles. The van der Waals surface area contributed by atoms with E-state index in [2.05, 4.69) is 13.8 Å². The molecule has 2 unspecified atom stereocenters. The molecule has 0 aliphatic carbocycles. The van der Waals surface area contributed by atoms with Gasteiger partial charge in [0, 0.05) is 18.8 Å². The number of aliphatic hydroxyl groups excluding tert-OH is 2. The fourth-order valence-corrected chi connectivity index (χ4v) is 5.13. The molecule has 37 heavy (non-hydrogen) atoms. The number of aliphatic hydroxyl groups is 3. The Kier molecular flexibility index (Phi) is 21.1. The monoisotopic (exact) mass is 526 g/mol. The van der Waals surface area contributed by atoms with E-state index in [1.807, 2.05) is 13.8 Å². The van der Waals surface area contributed by atoms with Crippen LogP contribution in [0.2, 0.25) is 0 Å². The Morgan fingerprint density at radius 2 is 0.865 bits per heavy atom. The standard InChI is InChI=1S/C31H58O6/c1-5-9-11-13-15-17-19-23-26(32)29(35)31(37,28(34)25(21-7-3)22-8-4)30(36)27(33)24-20-18-16-14-12-10-6-2/h25,29-30,35-37H,5-24H2,1-4H3. The Hall–Kier alpha value is -1.11. The zero-order valence-corrected chi connectivity index (χ0v) is 24.4. The molecule has 0 aliphatic heterocycles. The van der Waals surface area contributed by atoms with Crippen LogP contribution in [-0.4, -0.2) is 50.5 Å². The highest BCUT2D eigenvalue weighted by atomic mass is 16.4. The summed E-state index contributed by atoms with van der Waals surface area (Å²) in [6, 6.07) is 0. The van der Waals surface area contributed by atoms with Crippen molar-refractivity contribution < 1.29 is 29.7 Å². The number of carbonyl (C=O) groups is 3. The molecule has 0 fully saturated rings. The quantitative estimate of drug-likeness (QED) is 0.109. The van der Waals surface area contributed by atoms with Crippen LogP contribution in [0.1, 0.15) is 156 Å². The van der Waals surface area contributed by atoms with Crippen molar-refractivity contribution in [3.05, 3.63) is 0 Å². The minimum atomic E-state index is -2.80. The molecular weight excluding hydrogens is 468 g/mol. The van der Waals surface area contributed by atoms with E-state index in [1.54, 1.807) is 0 Å². The zero-order valence-electron chi connectivity index (χ0n) is 24.4. The van der Waals surface area contributed by atoms with Gasteiger partial charge in [0.15, 0.2) is 35.2 Å². The summed E-state index contributed by atoms with van der Waals surface area (Å²) in [6.07, 6.45) is 12.0. The molecule has 0 radical (unpaired) electrons. The first kappa shape index (κ1) is 35.9. The maximum Gasteiger partial charge on any atom is 0.189 e. The molecule has 0 saturated carbocycles. The van der Waals surface area contributed by atoms with Crippen molar-refractivity contribution >= 4 is 17.3 Å².